The van der Waals surface area contributed by atoms with Gasteiger partial charge in [0.2, 0.25) is 5.91 Å². The number of H-pyrrole nitrogens is 1. The van der Waals surface area contributed by atoms with E-state index in [9.17, 15) is 4.79 Å². The van der Waals surface area contributed by atoms with Gasteiger partial charge in [0.05, 0.1) is 23.8 Å². The van der Waals surface area contributed by atoms with Crippen molar-refractivity contribution in [1.82, 2.24) is 9.97 Å². The molecule has 0 fully saturated rings. The molecule has 1 heterocycles. The number of fused-ring (bicyclic) bond motifs is 1. The molecule has 0 saturated heterocycles. The zero-order valence-corrected chi connectivity index (χ0v) is 7.95. The van der Waals surface area contributed by atoms with E-state index in [-0.39, 0.29) is 6.42 Å². The van der Waals surface area contributed by atoms with Crippen LogP contribution in [0.1, 0.15) is 12.0 Å². The lowest BCUT2D eigenvalue weighted by Gasteiger charge is -1.90. The Bertz CT molecular complexity index is 560. The predicted octanol–water partition coefficient (Wildman–Crippen LogP) is 0.790. The van der Waals surface area contributed by atoms with Gasteiger partial charge in [0.15, 0.2) is 0 Å². The van der Waals surface area contributed by atoms with Crippen LogP contribution in [0.4, 0.5) is 0 Å². The molecule has 0 atom stereocenters. The maximum Gasteiger partial charge on any atom is 0.229 e. The lowest BCUT2D eigenvalue weighted by molar-refractivity contribution is -0.117. The van der Waals surface area contributed by atoms with E-state index in [1.165, 1.54) is 0 Å². The molecule has 1 aromatic heterocycles. The first-order valence-corrected chi connectivity index (χ1v) is 4.46. The SMILES string of the molecule is NC(=O)CC#Cc1ccc2nc[nH]c2c1. The molecule has 0 aliphatic carbocycles. The van der Waals surface area contributed by atoms with Crippen LogP contribution < -0.4 is 5.73 Å². The molecule has 15 heavy (non-hydrogen) atoms. The number of benzene rings is 1. The first kappa shape index (κ1) is 9.28. The fourth-order valence-electron chi connectivity index (χ4n) is 1.25. The molecule has 4 heteroatoms. The second kappa shape index (κ2) is 3.84. The van der Waals surface area contributed by atoms with Gasteiger partial charge in [-0.25, -0.2) is 4.98 Å². The van der Waals surface area contributed by atoms with Gasteiger partial charge in [-0.3, -0.25) is 4.79 Å². The van der Waals surface area contributed by atoms with Crippen molar-refractivity contribution in [2.45, 2.75) is 6.42 Å². The monoisotopic (exact) mass is 199 g/mol. The van der Waals surface area contributed by atoms with E-state index in [4.69, 9.17) is 5.73 Å². The molecule has 0 unspecified atom stereocenters. The Balaban J connectivity index is 2.27. The van der Waals surface area contributed by atoms with Crippen molar-refractivity contribution in [2.24, 2.45) is 5.73 Å². The number of primary amides is 1. The van der Waals surface area contributed by atoms with Crippen molar-refractivity contribution < 1.29 is 4.79 Å². The Morgan fingerprint density at radius 1 is 1.53 bits per heavy atom. The van der Waals surface area contributed by atoms with E-state index in [0.29, 0.717) is 0 Å². The predicted molar refractivity (Wildman–Crippen MR) is 56.8 cm³/mol. The van der Waals surface area contributed by atoms with Crippen LogP contribution >= 0.6 is 0 Å². The number of carbonyl (C=O) groups excluding carboxylic acids is 1. The minimum Gasteiger partial charge on any atom is -0.369 e. The first-order valence-electron chi connectivity index (χ1n) is 4.46. The number of nitrogens with zero attached hydrogens (tertiary/aromatic N) is 1. The number of hydrogen-bond acceptors (Lipinski definition) is 2. The maximum atomic E-state index is 10.5. The molecule has 2 aromatic rings. The molecule has 0 spiro atoms. The largest absolute Gasteiger partial charge is 0.369 e. The topological polar surface area (TPSA) is 71.8 Å². The van der Waals surface area contributed by atoms with E-state index >= 15 is 0 Å². The van der Waals surface area contributed by atoms with Crippen LogP contribution in [-0.2, 0) is 4.79 Å². The fraction of sp³-hybridized carbons (Fsp3) is 0.0909. The average Bonchev–Trinajstić information content (AvgIpc) is 2.64. The minimum atomic E-state index is -0.412. The van der Waals surface area contributed by atoms with Crippen molar-refractivity contribution in [3.8, 4) is 11.8 Å². The van der Waals surface area contributed by atoms with E-state index < -0.39 is 5.91 Å². The number of imidazole rings is 1. The van der Waals surface area contributed by atoms with Crippen molar-refractivity contribution in [2.75, 3.05) is 0 Å². The summed E-state index contributed by atoms with van der Waals surface area (Å²) in [6.45, 7) is 0. The van der Waals surface area contributed by atoms with Gasteiger partial charge in [-0.05, 0) is 18.2 Å². The summed E-state index contributed by atoms with van der Waals surface area (Å²) in [6.07, 6.45) is 1.71. The van der Waals surface area contributed by atoms with Crippen molar-refractivity contribution >= 4 is 16.9 Å². The number of aromatic amines is 1. The number of carbonyl (C=O) groups is 1. The van der Waals surface area contributed by atoms with Gasteiger partial charge >= 0.3 is 0 Å². The van der Waals surface area contributed by atoms with E-state index in [2.05, 4.69) is 21.8 Å². The van der Waals surface area contributed by atoms with E-state index in [0.717, 1.165) is 16.6 Å². The molecule has 1 amide bonds. The number of aromatic nitrogens is 2. The quantitative estimate of drug-likeness (QED) is 0.666. The van der Waals surface area contributed by atoms with Crippen LogP contribution in [0.5, 0.6) is 0 Å². The summed E-state index contributed by atoms with van der Waals surface area (Å²) in [7, 11) is 0. The molecule has 0 radical (unpaired) electrons. The van der Waals surface area contributed by atoms with E-state index in [1.807, 2.05) is 18.2 Å². The zero-order valence-electron chi connectivity index (χ0n) is 7.95. The highest BCUT2D eigenvalue weighted by Gasteiger charge is 1.95. The normalized spacial score (nSPS) is 9.60. The molecule has 2 rings (SSSR count). The minimum absolute atomic E-state index is 0.0843. The van der Waals surface area contributed by atoms with Crippen LogP contribution in [0, 0.1) is 11.8 Å². The molecule has 0 bridgehead atoms. The molecule has 1 aromatic carbocycles. The number of rotatable bonds is 1. The highest BCUT2D eigenvalue weighted by Crippen LogP contribution is 2.10. The average molecular weight is 199 g/mol. The third-order valence-electron chi connectivity index (χ3n) is 1.92. The molecule has 0 aliphatic rings. The molecular weight excluding hydrogens is 190 g/mol. The van der Waals surface area contributed by atoms with Crippen LogP contribution in [0.25, 0.3) is 11.0 Å². The second-order valence-electron chi connectivity index (χ2n) is 3.08. The summed E-state index contributed by atoms with van der Waals surface area (Å²) in [5.41, 5.74) is 7.64. The first-order chi connectivity index (χ1) is 7.25. The summed E-state index contributed by atoms with van der Waals surface area (Å²) < 4.78 is 0. The number of nitrogens with one attached hydrogen (secondary N) is 1. The lowest BCUT2D eigenvalue weighted by Crippen LogP contribution is -2.08. The third-order valence-corrected chi connectivity index (χ3v) is 1.92. The maximum absolute atomic E-state index is 10.5. The Morgan fingerprint density at radius 3 is 3.20 bits per heavy atom. The number of hydrogen-bond donors (Lipinski definition) is 2. The smallest absolute Gasteiger partial charge is 0.229 e. The van der Waals surface area contributed by atoms with Crippen molar-refractivity contribution in [3.63, 3.8) is 0 Å². The Hall–Kier alpha value is -2.28. The molecule has 3 N–H and O–H groups in total. The standard InChI is InChI=1S/C11H9N3O/c12-11(15)3-1-2-8-4-5-9-10(6-8)14-7-13-9/h4-7H,3H2,(H2,12,15)(H,13,14). The van der Waals surface area contributed by atoms with Gasteiger partial charge < -0.3 is 10.7 Å². The van der Waals surface area contributed by atoms with Gasteiger partial charge in [0, 0.05) is 5.56 Å². The summed E-state index contributed by atoms with van der Waals surface area (Å²) in [5.74, 6) is 5.15. The fourth-order valence-corrected chi connectivity index (χ4v) is 1.25. The van der Waals surface area contributed by atoms with Crippen molar-refractivity contribution in [1.29, 1.82) is 0 Å². The van der Waals surface area contributed by atoms with Crippen LogP contribution in [0.15, 0.2) is 24.5 Å². The second-order valence-corrected chi connectivity index (χ2v) is 3.08. The summed E-state index contributed by atoms with van der Waals surface area (Å²) >= 11 is 0. The Kier molecular flexibility index (Phi) is 2.38. The van der Waals surface area contributed by atoms with Gasteiger partial charge in [-0.15, -0.1) is 0 Å². The van der Waals surface area contributed by atoms with Gasteiger partial charge in [-0.2, -0.15) is 0 Å². The zero-order chi connectivity index (χ0) is 10.7. The van der Waals surface area contributed by atoms with Crippen molar-refractivity contribution in [3.05, 3.63) is 30.1 Å². The molecule has 74 valence electrons. The van der Waals surface area contributed by atoms with Crippen LogP contribution in [0.3, 0.4) is 0 Å². The van der Waals surface area contributed by atoms with Gasteiger partial charge in [-0.1, -0.05) is 11.8 Å². The Labute approximate surface area is 86.5 Å². The Morgan fingerprint density at radius 2 is 2.40 bits per heavy atom. The summed E-state index contributed by atoms with van der Waals surface area (Å²) in [4.78, 5) is 17.5. The highest BCUT2D eigenvalue weighted by molar-refractivity contribution is 5.78. The van der Waals surface area contributed by atoms with Gasteiger partial charge in [0.1, 0.15) is 0 Å². The third kappa shape index (κ3) is 2.15. The number of amides is 1. The van der Waals surface area contributed by atoms with Crippen LogP contribution in [-0.4, -0.2) is 15.9 Å². The number of nitrogens with two attached hydrogens (primary N) is 1. The highest BCUT2D eigenvalue weighted by atomic mass is 16.1. The molecule has 0 saturated carbocycles. The van der Waals surface area contributed by atoms with E-state index in [1.54, 1.807) is 6.33 Å². The molecule has 4 nitrogen and oxygen atoms in total. The molecular formula is C11H9N3O. The van der Waals surface area contributed by atoms with Gasteiger partial charge in [0.25, 0.3) is 0 Å². The summed E-state index contributed by atoms with van der Waals surface area (Å²) in [6, 6.07) is 5.62. The lowest BCUT2D eigenvalue weighted by atomic mass is 10.2. The molecule has 0 aliphatic heterocycles. The summed E-state index contributed by atoms with van der Waals surface area (Å²) in [5, 5.41) is 0. The van der Waals surface area contributed by atoms with Crippen LogP contribution in [0.2, 0.25) is 0 Å².